The van der Waals surface area contributed by atoms with E-state index in [2.05, 4.69) is 15.2 Å². The number of morpholine rings is 1. The highest BCUT2D eigenvalue weighted by atomic mass is 35.5. The number of alkyl halides is 1. The van der Waals surface area contributed by atoms with Crippen LogP contribution in [-0.2, 0) is 21.8 Å². The first kappa shape index (κ1) is 16.7. The average molecular weight is 332 g/mol. The molecule has 0 bridgehead atoms. The smallest absolute Gasteiger partial charge is 0.239 e. The number of carbonyl (C=O) groups is 1. The minimum atomic E-state index is -0.200. The van der Waals surface area contributed by atoms with E-state index in [1.54, 1.807) is 11.3 Å². The quantitative estimate of drug-likeness (QED) is 0.805. The first-order valence-electron chi connectivity index (χ1n) is 7.21. The van der Waals surface area contributed by atoms with E-state index in [9.17, 15) is 4.79 Å². The second-order valence-corrected chi connectivity index (χ2v) is 6.62. The van der Waals surface area contributed by atoms with Gasteiger partial charge in [-0.25, -0.2) is 4.98 Å². The van der Waals surface area contributed by atoms with Crippen LogP contribution >= 0.6 is 22.9 Å². The lowest BCUT2D eigenvalue weighted by atomic mass is 10.2. The van der Waals surface area contributed by atoms with E-state index >= 15 is 0 Å². The molecular formula is C14H22ClN3O2S. The topological polar surface area (TPSA) is 54.5 Å². The molecule has 0 radical (unpaired) electrons. The largest absolute Gasteiger partial charge is 0.378 e. The summed E-state index contributed by atoms with van der Waals surface area (Å²) < 4.78 is 5.46. The lowest BCUT2D eigenvalue weighted by Gasteiger charge is -2.34. The Bertz CT molecular complexity index is 467. The molecule has 2 heterocycles. The Morgan fingerprint density at radius 2 is 2.48 bits per heavy atom. The molecule has 1 unspecified atom stereocenters. The van der Waals surface area contributed by atoms with E-state index < -0.39 is 0 Å². The maximum absolute atomic E-state index is 12.2. The van der Waals surface area contributed by atoms with Crippen LogP contribution in [0.1, 0.15) is 24.5 Å². The number of ether oxygens (including phenoxy) is 1. The summed E-state index contributed by atoms with van der Waals surface area (Å²) in [6.07, 6.45) is 0.840. The number of amides is 1. The van der Waals surface area contributed by atoms with Crippen molar-refractivity contribution in [1.82, 2.24) is 15.2 Å². The fraction of sp³-hybridized carbons (Fsp3) is 0.714. The highest BCUT2D eigenvalue weighted by Gasteiger charge is 2.29. The molecule has 7 heteroatoms. The van der Waals surface area contributed by atoms with E-state index in [-0.39, 0.29) is 18.0 Å². The third-order valence-electron chi connectivity index (χ3n) is 3.32. The number of hydrogen-bond acceptors (Lipinski definition) is 5. The Kier molecular flexibility index (Phi) is 6.41. The minimum absolute atomic E-state index is 0.0466. The first-order valence-corrected chi connectivity index (χ1v) is 8.63. The number of halogens is 1. The van der Waals surface area contributed by atoms with Gasteiger partial charge in [0, 0.05) is 30.9 Å². The van der Waals surface area contributed by atoms with Crippen molar-refractivity contribution in [2.24, 2.45) is 0 Å². The molecule has 1 amide bonds. The number of carbonyl (C=O) groups excluding carboxylic acids is 1. The van der Waals surface area contributed by atoms with E-state index in [4.69, 9.17) is 16.3 Å². The number of nitrogens with zero attached hydrogens (tertiary/aromatic N) is 2. The molecule has 1 N–H and O–H groups in total. The molecule has 0 aliphatic carbocycles. The van der Waals surface area contributed by atoms with Crippen LogP contribution in [0.3, 0.4) is 0 Å². The maximum atomic E-state index is 12.2. The molecule has 1 aromatic rings. The number of aromatic nitrogens is 1. The van der Waals surface area contributed by atoms with Gasteiger partial charge in [-0.1, -0.05) is 0 Å². The second kappa shape index (κ2) is 8.08. The summed E-state index contributed by atoms with van der Waals surface area (Å²) in [7, 11) is 0. The molecule has 1 atom stereocenters. The molecule has 1 fully saturated rings. The molecule has 1 aliphatic rings. The van der Waals surface area contributed by atoms with Gasteiger partial charge in [-0.15, -0.1) is 22.9 Å². The first-order chi connectivity index (χ1) is 10.1. The summed E-state index contributed by atoms with van der Waals surface area (Å²) in [5.41, 5.74) is 0.924. The van der Waals surface area contributed by atoms with Crippen LogP contribution < -0.4 is 5.32 Å². The fourth-order valence-electron chi connectivity index (χ4n) is 2.29. The molecule has 0 spiro atoms. The third-order valence-corrected chi connectivity index (χ3v) is 4.55. The molecule has 1 aliphatic heterocycles. The molecule has 1 aromatic heterocycles. The van der Waals surface area contributed by atoms with E-state index in [1.807, 2.05) is 19.2 Å². The predicted molar refractivity (Wildman–Crippen MR) is 84.8 cm³/mol. The lowest BCUT2D eigenvalue weighted by Crippen LogP contribution is -2.55. The van der Waals surface area contributed by atoms with Crippen LogP contribution in [0.25, 0.3) is 0 Å². The molecule has 118 valence electrons. The van der Waals surface area contributed by atoms with Crippen LogP contribution in [-0.4, -0.2) is 54.2 Å². The number of hydrogen-bond donors (Lipinski definition) is 1. The Morgan fingerprint density at radius 3 is 3.14 bits per heavy atom. The van der Waals surface area contributed by atoms with Gasteiger partial charge >= 0.3 is 0 Å². The monoisotopic (exact) mass is 331 g/mol. The van der Waals surface area contributed by atoms with Crippen LogP contribution in [0.5, 0.6) is 0 Å². The fourth-order valence-corrected chi connectivity index (χ4v) is 3.31. The summed E-state index contributed by atoms with van der Waals surface area (Å²) in [6.45, 7) is 6.67. The van der Waals surface area contributed by atoms with Gasteiger partial charge in [0.25, 0.3) is 0 Å². The summed E-state index contributed by atoms with van der Waals surface area (Å²) >= 11 is 7.40. The van der Waals surface area contributed by atoms with E-state index in [0.29, 0.717) is 19.1 Å². The molecule has 5 nitrogen and oxygen atoms in total. The van der Waals surface area contributed by atoms with Gasteiger partial charge in [0.15, 0.2) is 0 Å². The van der Waals surface area contributed by atoms with Gasteiger partial charge in [-0.05, 0) is 13.8 Å². The van der Waals surface area contributed by atoms with Crippen LogP contribution in [0.4, 0.5) is 0 Å². The lowest BCUT2D eigenvalue weighted by molar-refractivity contribution is -0.133. The van der Waals surface area contributed by atoms with Gasteiger partial charge in [0.2, 0.25) is 5.91 Å². The molecule has 0 aromatic carbocycles. The summed E-state index contributed by atoms with van der Waals surface area (Å²) in [5, 5.41) is 6.02. The van der Waals surface area contributed by atoms with Crippen molar-refractivity contribution >= 4 is 28.8 Å². The average Bonchev–Trinajstić information content (AvgIpc) is 2.92. The highest BCUT2D eigenvalue weighted by Crippen LogP contribution is 2.14. The molecule has 2 rings (SSSR count). The summed E-state index contributed by atoms with van der Waals surface area (Å²) in [6, 6.07) is -0.0554. The van der Waals surface area contributed by atoms with Crippen molar-refractivity contribution in [1.29, 1.82) is 0 Å². The number of nitrogens with one attached hydrogen (secondary N) is 1. The van der Waals surface area contributed by atoms with E-state index in [0.717, 1.165) is 30.2 Å². The van der Waals surface area contributed by atoms with Crippen molar-refractivity contribution < 1.29 is 9.53 Å². The van der Waals surface area contributed by atoms with Gasteiger partial charge in [0.05, 0.1) is 29.8 Å². The van der Waals surface area contributed by atoms with Crippen LogP contribution in [0.15, 0.2) is 5.38 Å². The molecule has 0 saturated carbocycles. The van der Waals surface area contributed by atoms with Crippen molar-refractivity contribution in [3.8, 4) is 0 Å². The third kappa shape index (κ3) is 4.92. The predicted octanol–water partition coefficient (Wildman–Crippen LogP) is 1.65. The number of rotatable bonds is 6. The SMILES string of the molecule is CC(C)NC(=O)C1COCCN1CCc1nc(CCl)cs1. The molecule has 21 heavy (non-hydrogen) atoms. The van der Waals surface area contributed by atoms with Crippen molar-refractivity contribution in [3.63, 3.8) is 0 Å². The Hall–Kier alpha value is -0.690. The minimum Gasteiger partial charge on any atom is -0.378 e. The zero-order valence-corrected chi connectivity index (χ0v) is 14.0. The van der Waals surface area contributed by atoms with Crippen LogP contribution in [0.2, 0.25) is 0 Å². The molecule has 1 saturated heterocycles. The Labute approximate surface area is 134 Å². The van der Waals surface area contributed by atoms with Crippen molar-refractivity contribution in [2.75, 3.05) is 26.3 Å². The van der Waals surface area contributed by atoms with Gasteiger partial charge in [-0.3, -0.25) is 9.69 Å². The van der Waals surface area contributed by atoms with Gasteiger partial charge in [-0.2, -0.15) is 0 Å². The van der Waals surface area contributed by atoms with Crippen LogP contribution in [0, 0.1) is 0 Å². The summed E-state index contributed by atoms with van der Waals surface area (Å²) in [4.78, 5) is 18.9. The zero-order valence-electron chi connectivity index (χ0n) is 12.5. The Morgan fingerprint density at radius 1 is 1.67 bits per heavy atom. The van der Waals surface area contributed by atoms with Gasteiger partial charge < -0.3 is 10.1 Å². The summed E-state index contributed by atoms with van der Waals surface area (Å²) in [5.74, 6) is 0.498. The van der Waals surface area contributed by atoms with Crippen molar-refractivity contribution in [3.05, 3.63) is 16.1 Å². The molecular weight excluding hydrogens is 310 g/mol. The number of thiazole rings is 1. The normalized spacial score (nSPS) is 19.9. The maximum Gasteiger partial charge on any atom is 0.239 e. The Balaban J connectivity index is 1.90. The van der Waals surface area contributed by atoms with Crippen molar-refractivity contribution in [2.45, 2.75) is 38.2 Å². The second-order valence-electron chi connectivity index (χ2n) is 5.41. The van der Waals surface area contributed by atoms with E-state index in [1.165, 1.54) is 0 Å². The van der Waals surface area contributed by atoms with Gasteiger partial charge in [0.1, 0.15) is 6.04 Å². The highest BCUT2D eigenvalue weighted by molar-refractivity contribution is 7.09. The zero-order chi connectivity index (χ0) is 15.2. The standard InChI is InChI=1S/C14H22ClN3O2S/c1-10(2)16-14(19)12-8-20-6-5-18(12)4-3-13-17-11(7-15)9-21-13/h9-10,12H,3-8H2,1-2H3,(H,16,19).